The summed E-state index contributed by atoms with van der Waals surface area (Å²) in [7, 11) is 0. The molecular weight excluding hydrogens is 735 g/mol. The zero-order chi connectivity index (χ0) is 39.5. The molecule has 0 saturated carbocycles. The van der Waals surface area contributed by atoms with E-state index in [0.29, 0.717) is 5.56 Å². The third kappa shape index (κ3) is 4.30. The topological polar surface area (TPSA) is 68.7 Å². The molecule has 0 radical (unpaired) electrons. The zero-order valence-corrected chi connectivity index (χ0v) is 32.0. The molecule has 13 rings (SSSR count). The molecule has 60 heavy (non-hydrogen) atoms. The maximum Gasteiger partial charge on any atom is 0.132 e. The number of nitrogens with zero attached hydrogens (tertiary/aromatic N) is 5. The molecule has 0 unspecified atom stereocenters. The average molecular weight is 766 g/mol. The van der Waals surface area contributed by atoms with Gasteiger partial charge in [-0.15, -0.1) is 0 Å². The predicted octanol–water partition coefficient (Wildman–Crippen LogP) is 12.7. The van der Waals surface area contributed by atoms with Gasteiger partial charge >= 0.3 is 0 Å². The summed E-state index contributed by atoms with van der Waals surface area (Å²) in [5.74, 6) is 1.67. The molecule has 0 amide bonds. The van der Waals surface area contributed by atoms with Crippen LogP contribution in [0.3, 0.4) is 0 Å². The van der Waals surface area contributed by atoms with Crippen molar-refractivity contribution < 1.29 is 4.74 Å². The fourth-order valence-electron chi connectivity index (χ4n) is 10.3. The van der Waals surface area contributed by atoms with E-state index in [1.165, 1.54) is 10.8 Å². The molecule has 0 N–H and O–H groups in total. The highest BCUT2D eigenvalue weighted by atomic mass is 16.5. The Labute approximate surface area is 344 Å². The van der Waals surface area contributed by atoms with Crippen molar-refractivity contribution in [2.75, 3.05) is 0 Å². The van der Waals surface area contributed by atoms with E-state index in [-0.39, 0.29) is 0 Å². The van der Waals surface area contributed by atoms with Crippen molar-refractivity contribution in [1.29, 1.82) is 5.26 Å². The number of rotatable bonds is 3. The quantitative estimate of drug-likeness (QED) is 0.180. The Morgan fingerprint density at radius 2 is 0.983 bits per heavy atom. The molecule has 5 heterocycles. The molecule has 1 aliphatic heterocycles. The molecule has 6 heteroatoms. The van der Waals surface area contributed by atoms with Crippen molar-refractivity contribution in [3.05, 3.63) is 216 Å². The molecule has 6 nitrogen and oxygen atoms in total. The molecule has 7 aromatic carbocycles. The minimum Gasteiger partial charge on any atom is -0.457 e. The molecule has 0 fully saturated rings. The lowest BCUT2D eigenvalue weighted by atomic mass is 9.66. The summed E-state index contributed by atoms with van der Waals surface area (Å²) >= 11 is 0. The van der Waals surface area contributed by atoms with Crippen LogP contribution in [0.5, 0.6) is 11.5 Å². The molecule has 278 valence electrons. The van der Waals surface area contributed by atoms with E-state index >= 15 is 0 Å². The van der Waals surface area contributed by atoms with Crippen LogP contribution in [0.1, 0.15) is 27.8 Å². The normalized spacial score (nSPS) is 13.2. The van der Waals surface area contributed by atoms with E-state index in [1.54, 1.807) is 0 Å². The maximum atomic E-state index is 9.71. The number of ether oxygens (including phenoxy) is 1. The van der Waals surface area contributed by atoms with Gasteiger partial charge in [0.15, 0.2) is 0 Å². The van der Waals surface area contributed by atoms with Crippen molar-refractivity contribution in [2.45, 2.75) is 5.41 Å². The number of hydrogen-bond acceptors (Lipinski definition) is 4. The summed E-state index contributed by atoms with van der Waals surface area (Å²) in [5.41, 5.74) is 15.0. The summed E-state index contributed by atoms with van der Waals surface area (Å²) in [6.07, 6.45) is 3.72. The highest BCUT2D eigenvalue weighted by Gasteiger charge is 2.52. The molecule has 0 atom stereocenters. The Kier molecular flexibility index (Phi) is 6.62. The van der Waals surface area contributed by atoms with Gasteiger partial charge in [-0.1, -0.05) is 84.9 Å². The SMILES string of the molecule is N#Cc1ccc2c(c1)c1ccccc1n2-c1cccc(-n2c3ccccc3c3cc(-c4ccc5c(c4)C4(c6ccccc6O5)c5cccnc5-c5ncccc54)ccc32)c1. The Hall–Kier alpha value is -8.27. The number of hydrogen-bond donors (Lipinski definition) is 0. The van der Waals surface area contributed by atoms with Gasteiger partial charge in [-0.2, -0.15) is 5.26 Å². The van der Waals surface area contributed by atoms with Crippen LogP contribution < -0.4 is 4.74 Å². The van der Waals surface area contributed by atoms with Crippen molar-refractivity contribution in [3.63, 3.8) is 0 Å². The fourth-order valence-corrected chi connectivity index (χ4v) is 10.3. The number of aromatic nitrogens is 4. The first-order valence-electron chi connectivity index (χ1n) is 20.1. The minimum atomic E-state index is -0.646. The van der Waals surface area contributed by atoms with Crippen LogP contribution in [0.25, 0.3) is 77.5 Å². The van der Waals surface area contributed by atoms with Crippen LogP contribution in [0, 0.1) is 11.3 Å². The second-order valence-electron chi connectivity index (χ2n) is 15.7. The third-order valence-electron chi connectivity index (χ3n) is 12.7. The minimum absolute atomic E-state index is 0.646. The van der Waals surface area contributed by atoms with E-state index in [9.17, 15) is 5.26 Å². The van der Waals surface area contributed by atoms with Crippen LogP contribution >= 0.6 is 0 Å². The van der Waals surface area contributed by atoms with E-state index < -0.39 is 5.41 Å². The van der Waals surface area contributed by atoms with Crippen LogP contribution in [0.4, 0.5) is 0 Å². The molecule has 1 aliphatic carbocycles. The first kappa shape index (κ1) is 32.8. The maximum absolute atomic E-state index is 9.71. The van der Waals surface area contributed by atoms with Crippen LogP contribution in [-0.2, 0) is 5.41 Å². The summed E-state index contributed by atoms with van der Waals surface area (Å²) in [6.45, 7) is 0. The van der Waals surface area contributed by atoms with Gasteiger partial charge in [0.1, 0.15) is 11.5 Å². The monoisotopic (exact) mass is 765 g/mol. The number of benzene rings is 7. The Balaban J connectivity index is 0.994. The Bertz CT molecular complexity index is 3630. The average Bonchev–Trinajstić information content (AvgIpc) is 3.93. The van der Waals surface area contributed by atoms with Crippen molar-refractivity contribution in [2.24, 2.45) is 0 Å². The molecule has 4 aromatic heterocycles. The summed E-state index contributed by atoms with van der Waals surface area (Å²) in [5, 5.41) is 14.3. The first-order chi connectivity index (χ1) is 29.7. The van der Waals surface area contributed by atoms with Gasteiger partial charge in [-0.25, -0.2) is 0 Å². The van der Waals surface area contributed by atoms with Crippen LogP contribution in [-0.4, -0.2) is 19.1 Å². The smallest absolute Gasteiger partial charge is 0.132 e. The molecule has 1 spiro atoms. The van der Waals surface area contributed by atoms with Crippen molar-refractivity contribution in [1.82, 2.24) is 19.1 Å². The highest BCUT2D eigenvalue weighted by Crippen LogP contribution is 2.61. The second-order valence-corrected chi connectivity index (χ2v) is 15.7. The van der Waals surface area contributed by atoms with E-state index in [4.69, 9.17) is 14.7 Å². The fraction of sp³-hybridized carbons (Fsp3) is 0.0185. The van der Waals surface area contributed by atoms with Gasteiger partial charge in [0.05, 0.1) is 50.5 Å². The van der Waals surface area contributed by atoms with Gasteiger partial charge < -0.3 is 13.9 Å². The number of nitriles is 1. The Morgan fingerprint density at radius 3 is 1.68 bits per heavy atom. The number of fused-ring (bicyclic) bond motifs is 15. The highest BCUT2D eigenvalue weighted by molar-refractivity contribution is 6.11. The summed E-state index contributed by atoms with van der Waals surface area (Å²) in [4.78, 5) is 9.80. The van der Waals surface area contributed by atoms with Crippen molar-refractivity contribution in [3.8, 4) is 51.5 Å². The zero-order valence-electron chi connectivity index (χ0n) is 32.0. The van der Waals surface area contributed by atoms with Gasteiger partial charge in [-0.3, -0.25) is 9.97 Å². The number of para-hydroxylation sites is 3. The largest absolute Gasteiger partial charge is 0.457 e. The Morgan fingerprint density at radius 1 is 0.433 bits per heavy atom. The molecule has 0 bridgehead atoms. The van der Waals surface area contributed by atoms with E-state index in [2.05, 4.69) is 161 Å². The standard InChI is InChI=1S/C54H31N5O/c55-32-33-20-23-48-40(28-33)38-12-1-4-17-46(38)58(48)36-10-7-11-37(31-36)59-47-18-5-2-13-39(47)41-29-34(21-24-49(41)59)35-22-25-51-45(30-35)54(42-14-3-6-19-50(42)60-51)43-15-8-26-56-52(43)53-44(54)16-9-27-57-53/h1-31H. The molecule has 0 saturated heterocycles. The lowest BCUT2D eigenvalue weighted by Gasteiger charge is -2.39. The molecule has 2 aliphatic rings. The molecule has 11 aromatic rings. The first-order valence-corrected chi connectivity index (χ1v) is 20.1. The van der Waals surface area contributed by atoms with E-state index in [1.807, 2.05) is 42.7 Å². The lowest BCUT2D eigenvalue weighted by Crippen LogP contribution is -2.32. The van der Waals surface area contributed by atoms with Crippen LogP contribution in [0.2, 0.25) is 0 Å². The van der Waals surface area contributed by atoms with Gasteiger partial charge in [0.25, 0.3) is 0 Å². The van der Waals surface area contributed by atoms with Gasteiger partial charge in [-0.05, 0) is 113 Å². The second kappa shape index (κ2) is 12.1. The van der Waals surface area contributed by atoms with Crippen LogP contribution in [0.15, 0.2) is 188 Å². The summed E-state index contributed by atoms with van der Waals surface area (Å²) < 4.78 is 11.4. The molecular formula is C54H31N5O. The predicted molar refractivity (Wildman–Crippen MR) is 238 cm³/mol. The summed E-state index contributed by atoms with van der Waals surface area (Å²) in [6, 6.07) is 64.4. The van der Waals surface area contributed by atoms with Gasteiger partial charge in [0.2, 0.25) is 0 Å². The van der Waals surface area contributed by atoms with Crippen molar-refractivity contribution >= 4 is 43.6 Å². The lowest BCUT2D eigenvalue weighted by molar-refractivity contribution is 0.436. The number of pyridine rings is 2. The third-order valence-corrected chi connectivity index (χ3v) is 12.7. The van der Waals surface area contributed by atoms with E-state index in [0.717, 1.165) is 100 Å². The van der Waals surface area contributed by atoms with Gasteiger partial charge in [0, 0.05) is 56.4 Å².